The Bertz CT molecular complexity index is 757. The van der Waals surface area contributed by atoms with Crippen LogP contribution >= 0.6 is 0 Å². The molecule has 0 bridgehead atoms. The number of allylic oxidation sites excluding steroid dienone is 1. The van der Waals surface area contributed by atoms with Gasteiger partial charge in [0.15, 0.2) is 0 Å². The van der Waals surface area contributed by atoms with E-state index in [1.807, 2.05) is 18.2 Å². The second-order valence-corrected chi connectivity index (χ2v) is 4.69. The average Bonchev–Trinajstić information content (AvgIpc) is 2.60. The SMILES string of the molecule is CCOC(=O)c1ccc(C#C/C=C/c2ccc(C=O)cc2)cc1. The summed E-state index contributed by atoms with van der Waals surface area (Å²) in [5, 5.41) is 0. The zero-order valence-electron chi connectivity index (χ0n) is 12.8. The van der Waals surface area contributed by atoms with Gasteiger partial charge in [0, 0.05) is 11.1 Å². The maximum atomic E-state index is 11.5. The quantitative estimate of drug-likeness (QED) is 0.491. The third-order valence-electron chi connectivity index (χ3n) is 3.04. The van der Waals surface area contributed by atoms with Crippen molar-refractivity contribution < 1.29 is 14.3 Å². The van der Waals surface area contributed by atoms with E-state index in [4.69, 9.17) is 4.74 Å². The van der Waals surface area contributed by atoms with Crippen molar-refractivity contribution in [1.82, 2.24) is 0 Å². The highest BCUT2D eigenvalue weighted by atomic mass is 16.5. The minimum absolute atomic E-state index is 0.328. The molecule has 3 nitrogen and oxygen atoms in total. The maximum Gasteiger partial charge on any atom is 0.338 e. The van der Waals surface area contributed by atoms with Crippen LogP contribution in [0.25, 0.3) is 6.08 Å². The first-order valence-corrected chi connectivity index (χ1v) is 7.23. The second kappa shape index (κ2) is 8.35. The number of aldehydes is 1. The molecule has 0 saturated carbocycles. The first-order valence-electron chi connectivity index (χ1n) is 7.23. The lowest BCUT2D eigenvalue weighted by atomic mass is 10.1. The molecular formula is C20H16O3. The predicted molar refractivity (Wildman–Crippen MR) is 90.1 cm³/mol. The summed E-state index contributed by atoms with van der Waals surface area (Å²) in [4.78, 5) is 22.1. The summed E-state index contributed by atoms with van der Waals surface area (Å²) in [5.74, 6) is 5.60. The van der Waals surface area contributed by atoms with Crippen LogP contribution in [0.2, 0.25) is 0 Å². The molecule has 2 rings (SSSR count). The maximum absolute atomic E-state index is 11.5. The van der Waals surface area contributed by atoms with Crippen LogP contribution in [0.4, 0.5) is 0 Å². The summed E-state index contributed by atoms with van der Waals surface area (Å²) in [6, 6.07) is 14.2. The Balaban J connectivity index is 1.99. The summed E-state index contributed by atoms with van der Waals surface area (Å²) < 4.78 is 4.92. The van der Waals surface area contributed by atoms with E-state index in [1.54, 1.807) is 49.4 Å². The molecule has 0 radical (unpaired) electrons. The average molecular weight is 304 g/mol. The lowest BCUT2D eigenvalue weighted by Crippen LogP contribution is -2.03. The number of benzene rings is 2. The van der Waals surface area contributed by atoms with Crippen LogP contribution in [-0.4, -0.2) is 18.9 Å². The summed E-state index contributed by atoms with van der Waals surface area (Å²) >= 11 is 0. The molecule has 0 N–H and O–H groups in total. The number of ether oxygens (including phenoxy) is 1. The van der Waals surface area contributed by atoms with Gasteiger partial charge >= 0.3 is 5.97 Å². The van der Waals surface area contributed by atoms with Gasteiger partial charge in [0.25, 0.3) is 0 Å². The summed E-state index contributed by atoms with van der Waals surface area (Å²) in [6.07, 6.45) is 4.43. The van der Waals surface area contributed by atoms with Crippen molar-refractivity contribution in [2.24, 2.45) is 0 Å². The highest BCUT2D eigenvalue weighted by Gasteiger charge is 2.04. The van der Waals surface area contributed by atoms with E-state index in [0.717, 1.165) is 17.4 Å². The van der Waals surface area contributed by atoms with Crippen molar-refractivity contribution >= 4 is 18.3 Å². The molecule has 0 aromatic heterocycles. The standard InChI is InChI=1S/C20H16O3/c1-2-23-20(22)19-13-11-17(12-14-19)6-4-3-5-16-7-9-18(15-21)10-8-16/h3,5,7-15H,2H2,1H3/b5-3+. The molecule has 0 unspecified atom stereocenters. The van der Waals surface area contributed by atoms with Gasteiger partial charge in [-0.25, -0.2) is 4.79 Å². The van der Waals surface area contributed by atoms with Gasteiger partial charge < -0.3 is 4.74 Å². The van der Waals surface area contributed by atoms with Crippen molar-refractivity contribution in [2.75, 3.05) is 6.61 Å². The van der Waals surface area contributed by atoms with Gasteiger partial charge in [-0.05, 0) is 48.9 Å². The Morgan fingerprint density at radius 2 is 1.70 bits per heavy atom. The molecular weight excluding hydrogens is 288 g/mol. The van der Waals surface area contributed by atoms with E-state index in [2.05, 4.69) is 11.8 Å². The zero-order valence-corrected chi connectivity index (χ0v) is 12.8. The van der Waals surface area contributed by atoms with Gasteiger partial charge in [-0.1, -0.05) is 36.1 Å². The van der Waals surface area contributed by atoms with Gasteiger partial charge in [-0.3, -0.25) is 4.79 Å². The molecule has 2 aromatic carbocycles. The van der Waals surface area contributed by atoms with Crippen LogP contribution in [0.1, 0.15) is 38.8 Å². The largest absolute Gasteiger partial charge is 0.462 e. The van der Waals surface area contributed by atoms with Gasteiger partial charge in [0.05, 0.1) is 12.2 Å². The van der Waals surface area contributed by atoms with Gasteiger partial charge in [-0.2, -0.15) is 0 Å². The van der Waals surface area contributed by atoms with Crippen LogP contribution < -0.4 is 0 Å². The Hall–Kier alpha value is -3.12. The molecule has 0 atom stereocenters. The molecule has 0 aliphatic heterocycles. The smallest absolute Gasteiger partial charge is 0.338 e. The minimum Gasteiger partial charge on any atom is -0.462 e. The van der Waals surface area contributed by atoms with Crippen LogP contribution in [-0.2, 0) is 4.74 Å². The van der Waals surface area contributed by atoms with Crippen LogP contribution in [0.15, 0.2) is 54.6 Å². The number of rotatable bonds is 4. The normalized spacial score (nSPS) is 9.96. The Morgan fingerprint density at radius 3 is 2.30 bits per heavy atom. The van der Waals surface area contributed by atoms with Gasteiger partial charge in [-0.15, -0.1) is 0 Å². The van der Waals surface area contributed by atoms with Gasteiger partial charge in [0.1, 0.15) is 6.29 Å². The molecule has 114 valence electrons. The lowest BCUT2D eigenvalue weighted by molar-refractivity contribution is 0.0526. The molecule has 0 aliphatic carbocycles. The third-order valence-corrected chi connectivity index (χ3v) is 3.04. The van der Waals surface area contributed by atoms with E-state index >= 15 is 0 Å². The highest BCUT2D eigenvalue weighted by Crippen LogP contribution is 2.06. The van der Waals surface area contributed by atoms with E-state index in [9.17, 15) is 9.59 Å². The van der Waals surface area contributed by atoms with Crippen molar-refractivity contribution in [3.05, 3.63) is 76.9 Å². The Labute approximate surface area is 135 Å². The molecule has 0 aliphatic rings. The fourth-order valence-corrected chi connectivity index (χ4v) is 1.85. The van der Waals surface area contributed by atoms with Crippen LogP contribution in [0.3, 0.4) is 0 Å². The summed E-state index contributed by atoms with van der Waals surface area (Å²) in [7, 11) is 0. The zero-order chi connectivity index (χ0) is 16.5. The minimum atomic E-state index is -0.328. The third kappa shape index (κ3) is 4.98. The number of carbonyl (C=O) groups excluding carboxylic acids is 2. The predicted octanol–water partition coefficient (Wildman–Crippen LogP) is 3.74. The second-order valence-electron chi connectivity index (χ2n) is 4.69. The number of esters is 1. The molecule has 3 heteroatoms. The number of carbonyl (C=O) groups is 2. The monoisotopic (exact) mass is 304 g/mol. The van der Waals surface area contributed by atoms with E-state index in [1.165, 1.54) is 0 Å². The fraction of sp³-hybridized carbons (Fsp3) is 0.100. The van der Waals surface area contributed by atoms with Crippen molar-refractivity contribution in [3.8, 4) is 11.8 Å². The Morgan fingerprint density at radius 1 is 1.04 bits per heavy atom. The van der Waals surface area contributed by atoms with Crippen molar-refractivity contribution in [1.29, 1.82) is 0 Å². The first kappa shape index (κ1) is 16.3. The number of hydrogen-bond donors (Lipinski definition) is 0. The van der Waals surface area contributed by atoms with E-state index in [-0.39, 0.29) is 5.97 Å². The molecule has 0 spiro atoms. The van der Waals surface area contributed by atoms with Crippen LogP contribution in [0.5, 0.6) is 0 Å². The number of hydrogen-bond acceptors (Lipinski definition) is 3. The molecule has 0 heterocycles. The molecule has 23 heavy (non-hydrogen) atoms. The van der Waals surface area contributed by atoms with Crippen LogP contribution in [0, 0.1) is 11.8 Å². The molecule has 0 fully saturated rings. The first-order chi connectivity index (χ1) is 11.2. The topological polar surface area (TPSA) is 43.4 Å². The highest BCUT2D eigenvalue weighted by molar-refractivity contribution is 5.89. The van der Waals surface area contributed by atoms with E-state index < -0.39 is 0 Å². The molecule has 0 saturated heterocycles. The van der Waals surface area contributed by atoms with Gasteiger partial charge in [0.2, 0.25) is 0 Å². The molecule has 2 aromatic rings. The lowest BCUT2D eigenvalue weighted by Gasteiger charge is -2.00. The van der Waals surface area contributed by atoms with Crippen molar-refractivity contribution in [3.63, 3.8) is 0 Å². The molecule has 0 amide bonds. The summed E-state index contributed by atoms with van der Waals surface area (Å²) in [5.41, 5.74) is 2.96. The van der Waals surface area contributed by atoms with E-state index in [0.29, 0.717) is 17.7 Å². The Kier molecular flexibility index (Phi) is 5.90. The summed E-state index contributed by atoms with van der Waals surface area (Å²) in [6.45, 7) is 2.13. The fourth-order valence-electron chi connectivity index (χ4n) is 1.85. The van der Waals surface area contributed by atoms with Crippen molar-refractivity contribution in [2.45, 2.75) is 6.92 Å².